The molecule has 0 heterocycles. The van der Waals surface area contributed by atoms with Gasteiger partial charge < -0.3 is 10.2 Å². The molecule has 0 aromatic carbocycles. The van der Waals surface area contributed by atoms with E-state index in [0.29, 0.717) is 6.54 Å². The van der Waals surface area contributed by atoms with Crippen molar-refractivity contribution in [1.29, 1.82) is 0 Å². The van der Waals surface area contributed by atoms with Crippen LogP contribution in [0.4, 0.5) is 0 Å². The van der Waals surface area contributed by atoms with Crippen LogP contribution in [0.5, 0.6) is 0 Å². The summed E-state index contributed by atoms with van der Waals surface area (Å²) in [5.74, 6) is -0.106. The smallest absolute Gasteiger partial charge is 0.236 e. The number of nitrogens with zero attached hydrogens (tertiary/aromatic N) is 1. The molecule has 0 aliphatic rings. The summed E-state index contributed by atoms with van der Waals surface area (Å²) in [5.41, 5.74) is -0.233. The molecule has 94 valence electrons. The molecule has 0 rings (SSSR count). The lowest BCUT2D eigenvalue weighted by molar-refractivity contribution is -0.128. The van der Waals surface area contributed by atoms with Gasteiger partial charge >= 0.3 is 0 Å². The Kier molecular flexibility index (Phi) is 6.03. The van der Waals surface area contributed by atoms with E-state index >= 15 is 0 Å². The quantitative estimate of drug-likeness (QED) is 0.696. The van der Waals surface area contributed by atoms with Crippen LogP contribution >= 0.6 is 0 Å². The van der Waals surface area contributed by atoms with Crippen molar-refractivity contribution in [1.82, 2.24) is 15.5 Å². The summed E-state index contributed by atoms with van der Waals surface area (Å²) in [4.78, 5) is 24.4. The van der Waals surface area contributed by atoms with Gasteiger partial charge in [0.25, 0.3) is 0 Å². The van der Waals surface area contributed by atoms with Gasteiger partial charge in [-0.2, -0.15) is 0 Å². The molecular formula is C11H23N3O2. The third kappa shape index (κ3) is 7.23. The van der Waals surface area contributed by atoms with Crippen molar-refractivity contribution < 1.29 is 9.59 Å². The average molecular weight is 229 g/mol. The molecule has 0 fully saturated rings. The predicted octanol–water partition coefficient (Wildman–Crippen LogP) is -0.0310. The molecule has 0 aromatic heterocycles. The highest BCUT2D eigenvalue weighted by Crippen LogP contribution is 1.96. The van der Waals surface area contributed by atoms with Crippen LogP contribution in [-0.4, -0.2) is 48.9 Å². The van der Waals surface area contributed by atoms with Gasteiger partial charge in [0.15, 0.2) is 0 Å². The number of carbonyl (C=O) groups is 2. The zero-order valence-electron chi connectivity index (χ0n) is 10.9. The van der Waals surface area contributed by atoms with Gasteiger partial charge in [-0.15, -0.1) is 0 Å². The highest BCUT2D eigenvalue weighted by molar-refractivity contribution is 5.81. The lowest BCUT2D eigenvalue weighted by Gasteiger charge is -2.21. The Morgan fingerprint density at radius 1 is 1.19 bits per heavy atom. The lowest BCUT2D eigenvalue weighted by atomic mass is 10.1. The van der Waals surface area contributed by atoms with Crippen LogP contribution in [0.2, 0.25) is 0 Å². The Morgan fingerprint density at radius 2 is 1.75 bits per heavy atom. The number of likely N-dealkylation sites (N-methyl/N-ethyl adjacent to an activating group) is 1. The summed E-state index contributed by atoms with van der Waals surface area (Å²) in [6, 6.07) is 0. The maximum absolute atomic E-state index is 11.4. The Morgan fingerprint density at radius 3 is 2.19 bits per heavy atom. The van der Waals surface area contributed by atoms with Crippen molar-refractivity contribution in [3.63, 3.8) is 0 Å². The van der Waals surface area contributed by atoms with Crippen LogP contribution < -0.4 is 10.6 Å². The molecule has 0 aliphatic heterocycles. The Bertz CT molecular complexity index is 246. The number of hydrogen-bond donors (Lipinski definition) is 2. The van der Waals surface area contributed by atoms with Crippen LogP contribution in [0.1, 0.15) is 27.7 Å². The van der Waals surface area contributed by atoms with Crippen molar-refractivity contribution in [2.45, 2.75) is 33.2 Å². The third-order valence-corrected chi connectivity index (χ3v) is 1.98. The number of amides is 2. The first-order chi connectivity index (χ1) is 7.26. The topological polar surface area (TPSA) is 61.4 Å². The molecule has 5 heteroatoms. The molecule has 0 unspecified atom stereocenters. The SMILES string of the molecule is CCN(C)C(=O)CNCC(=O)NC(C)(C)C. The van der Waals surface area contributed by atoms with E-state index in [4.69, 9.17) is 0 Å². The zero-order chi connectivity index (χ0) is 12.8. The van der Waals surface area contributed by atoms with E-state index in [9.17, 15) is 9.59 Å². The molecule has 2 N–H and O–H groups in total. The minimum absolute atomic E-state index is 0.00828. The standard InChI is InChI=1S/C11H23N3O2/c1-6-14(5)10(16)8-12-7-9(15)13-11(2,3)4/h12H,6-8H2,1-5H3,(H,13,15). The van der Waals surface area contributed by atoms with Gasteiger partial charge in [0, 0.05) is 19.1 Å². The van der Waals surface area contributed by atoms with E-state index in [2.05, 4.69) is 10.6 Å². The van der Waals surface area contributed by atoms with Crippen molar-refractivity contribution >= 4 is 11.8 Å². The average Bonchev–Trinajstić information content (AvgIpc) is 2.13. The Balaban J connectivity index is 3.75. The first kappa shape index (κ1) is 14.9. The molecule has 16 heavy (non-hydrogen) atoms. The maximum Gasteiger partial charge on any atom is 0.236 e. The fourth-order valence-electron chi connectivity index (χ4n) is 1.06. The van der Waals surface area contributed by atoms with Crippen molar-refractivity contribution in [3.05, 3.63) is 0 Å². The first-order valence-corrected chi connectivity index (χ1v) is 5.52. The fraction of sp³-hybridized carbons (Fsp3) is 0.818. The lowest BCUT2D eigenvalue weighted by Crippen LogP contribution is -2.46. The van der Waals surface area contributed by atoms with Gasteiger partial charge in [-0.3, -0.25) is 14.9 Å². The van der Waals surface area contributed by atoms with Crippen molar-refractivity contribution in [3.8, 4) is 0 Å². The molecule has 0 spiro atoms. The minimum Gasteiger partial charge on any atom is -0.350 e. The molecule has 2 amide bonds. The van der Waals surface area contributed by atoms with Crippen molar-refractivity contribution in [2.24, 2.45) is 0 Å². The molecule has 5 nitrogen and oxygen atoms in total. The Labute approximate surface area is 97.6 Å². The summed E-state index contributed by atoms with van der Waals surface area (Å²) >= 11 is 0. The number of rotatable bonds is 5. The summed E-state index contributed by atoms with van der Waals surface area (Å²) in [7, 11) is 1.74. The molecule has 0 saturated heterocycles. The molecule has 0 aromatic rings. The maximum atomic E-state index is 11.4. The van der Waals surface area contributed by atoms with Gasteiger partial charge in [0.05, 0.1) is 13.1 Å². The number of nitrogens with one attached hydrogen (secondary N) is 2. The highest BCUT2D eigenvalue weighted by Gasteiger charge is 2.13. The van der Waals surface area contributed by atoms with Gasteiger partial charge in [-0.1, -0.05) is 0 Å². The molecule has 0 saturated carbocycles. The number of hydrogen-bond acceptors (Lipinski definition) is 3. The van der Waals surface area contributed by atoms with E-state index in [-0.39, 0.29) is 30.4 Å². The first-order valence-electron chi connectivity index (χ1n) is 5.52. The third-order valence-electron chi connectivity index (χ3n) is 1.98. The van der Waals surface area contributed by atoms with E-state index in [1.165, 1.54) is 0 Å². The van der Waals surface area contributed by atoms with Crippen LogP contribution in [0, 0.1) is 0 Å². The summed E-state index contributed by atoms with van der Waals surface area (Å²) in [5, 5.41) is 5.63. The van der Waals surface area contributed by atoms with Crippen LogP contribution in [0.15, 0.2) is 0 Å². The monoisotopic (exact) mass is 229 g/mol. The largest absolute Gasteiger partial charge is 0.350 e. The second-order valence-electron chi connectivity index (χ2n) is 4.81. The molecule has 0 atom stereocenters. The van der Waals surface area contributed by atoms with Gasteiger partial charge in [0.1, 0.15) is 0 Å². The summed E-state index contributed by atoms with van der Waals surface area (Å²) in [6.07, 6.45) is 0. The second-order valence-corrected chi connectivity index (χ2v) is 4.81. The second kappa shape index (κ2) is 6.48. The van der Waals surface area contributed by atoms with Crippen LogP contribution in [-0.2, 0) is 9.59 Å². The van der Waals surface area contributed by atoms with E-state index in [0.717, 1.165) is 0 Å². The zero-order valence-corrected chi connectivity index (χ0v) is 10.9. The van der Waals surface area contributed by atoms with Gasteiger partial charge in [-0.05, 0) is 27.7 Å². The van der Waals surface area contributed by atoms with E-state index in [1.807, 2.05) is 27.7 Å². The Hall–Kier alpha value is -1.10. The molecule has 0 bridgehead atoms. The normalized spacial score (nSPS) is 11.1. The van der Waals surface area contributed by atoms with Gasteiger partial charge in [-0.25, -0.2) is 0 Å². The van der Waals surface area contributed by atoms with Crippen LogP contribution in [0.3, 0.4) is 0 Å². The molecular weight excluding hydrogens is 206 g/mol. The molecule has 0 radical (unpaired) electrons. The van der Waals surface area contributed by atoms with E-state index in [1.54, 1.807) is 11.9 Å². The van der Waals surface area contributed by atoms with Gasteiger partial charge in [0.2, 0.25) is 11.8 Å². The fourth-order valence-corrected chi connectivity index (χ4v) is 1.06. The predicted molar refractivity (Wildman–Crippen MR) is 64.1 cm³/mol. The summed E-state index contributed by atoms with van der Waals surface area (Å²) in [6.45, 7) is 8.70. The van der Waals surface area contributed by atoms with Crippen molar-refractivity contribution in [2.75, 3.05) is 26.7 Å². The molecule has 0 aliphatic carbocycles. The number of carbonyl (C=O) groups excluding carboxylic acids is 2. The minimum atomic E-state index is -0.233. The highest BCUT2D eigenvalue weighted by atomic mass is 16.2. The van der Waals surface area contributed by atoms with E-state index < -0.39 is 0 Å². The summed E-state index contributed by atoms with van der Waals surface area (Å²) < 4.78 is 0. The van der Waals surface area contributed by atoms with Crippen LogP contribution in [0.25, 0.3) is 0 Å².